The second kappa shape index (κ2) is 5.19. The van der Waals surface area contributed by atoms with Crippen molar-refractivity contribution in [3.05, 3.63) is 35.4 Å². The topological polar surface area (TPSA) is 24.1 Å². The van der Waals surface area contributed by atoms with Crippen LogP contribution in [0.3, 0.4) is 0 Å². The van der Waals surface area contributed by atoms with Gasteiger partial charge in [0.25, 0.3) is 0 Å². The molecule has 2 heteroatoms. The maximum atomic E-state index is 3.68. The lowest BCUT2D eigenvalue weighted by atomic mass is 9.90. The SMILES string of the molecule is c1ccc2c(c1)CNC(CC1CCCCN1)C2. The first-order valence-corrected chi connectivity index (χ1v) is 6.95. The average Bonchev–Trinajstić information content (AvgIpc) is 2.40. The fourth-order valence-corrected chi connectivity index (χ4v) is 3.16. The zero-order valence-corrected chi connectivity index (χ0v) is 10.4. The van der Waals surface area contributed by atoms with Crippen molar-refractivity contribution in [1.82, 2.24) is 10.6 Å². The van der Waals surface area contributed by atoms with E-state index in [-0.39, 0.29) is 0 Å². The molecule has 0 aromatic heterocycles. The number of benzene rings is 1. The second-order valence-corrected chi connectivity index (χ2v) is 5.43. The molecule has 2 heterocycles. The Labute approximate surface area is 104 Å². The fourth-order valence-electron chi connectivity index (χ4n) is 3.16. The molecular weight excluding hydrogens is 208 g/mol. The van der Waals surface area contributed by atoms with Crippen LogP contribution in [0, 0.1) is 0 Å². The van der Waals surface area contributed by atoms with E-state index < -0.39 is 0 Å². The van der Waals surface area contributed by atoms with Gasteiger partial charge in [-0.15, -0.1) is 0 Å². The van der Waals surface area contributed by atoms with Crippen LogP contribution in [0.25, 0.3) is 0 Å². The van der Waals surface area contributed by atoms with E-state index >= 15 is 0 Å². The maximum Gasteiger partial charge on any atom is 0.0210 e. The summed E-state index contributed by atoms with van der Waals surface area (Å²) in [7, 11) is 0. The summed E-state index contributed by atoms with van der Waals surface area (Å²) in [5, 5.41) is 7.33. The molecule has 0 radical (unpaired) electrons. The first kappa shape index (κ1) is 11.2. The highest BCUT2D eigenvalue weighted by molar-refractivity contribution is 5.29. The van der Waals surface area contributed by atoms with Crippen LogP contribution >= 0.6 is 0 Å². The lowest BCUT2D eigenvalue weighted by Crippen LogP contribution is -2.43. The molecule has 2 aliphatic heterocycles. The van der Waals surface area contributed by atoms with Gasteiger partial charge in [-0.2, -0.15) is 0 Å². The Balaban J connectivity index is 1.60. The van der Waals surface area contributed by atoms with Gasteiger partial charge in [0.2, 0.25) is 0 Å². The van der Waals surface area contributed by atoms with E-state index in [1.807, 2.05) is 0 Å². The Morgan fingerprint density at radius 1 is 1.00 bits per heavy atom. The minimum Gasteiger partial charge on any atom is -0.314 e. The Hall–Kier alpha value is -0.860. The maximum absolute atomic E-state index is 3.68. The van der Waals surface area contributed by atoms with Crippen LogP contribution in [0.2, 0.25) is 0 Å². The van der Waals surface area contributed by atoms with Gasteiger partial charge >= 0.3 is 0 Å². The third-order valence-electron chi connectivity index (χ3n) is 4.15. The number of hydrogen-bond donors (Lipinski definition) is 2. The van der Waals surface area contributed by atoms with Gasteiger partial charge in [-0.25, -0.2) is 0 Å². The molecule has 0 amide bonds. The van der Waals surface area contributed by atoms with Crippen molar-refractivity contribution in [2.24, 2.45) is 0 Å². The highest BCUT2D eigenvalue weighted by Crippen LogP contribution is 2.20. The number of nitrogens with one attached hydrogen (secondary N) is 2. The summed E-state index contributed by atoms with van der Waals surface area (Å²) in [6.07, 6.45) is 6.61. The van der Waals surface area contributed by atoms with Gasteiger partial charge in [0.15, 0.2) is 0 Å². The van der Waals surface area contributed by atoms with Crippen LogP contribution in [0.4, 0.5) is 0 Å². The molecule has 2 aliphatic rings. The van der Waals surface area contributed by atoms with Gasteiger partial charge in [0.05, 0.1) is 0 Å². The van der Waals surface area contributed by atoms with E-state index in [1.165, 1.54) is 44.2 Å². The number of piperidine rings is 1. The summed E-state index contributed by atoms with van der Waals surface area (Å²) < 4.78 is 0. The van der Waals surface area contributed by atoms with E-state index in [0.717, 1.165) is 12.6 Å². The van der Waals surface area contributed by atoms with Crippen LogP contribution in [-0.2, 0) is 13.0 Å². The zero-order valence-electron chi connectivity index (χ0n) is 10.4. The summed E-state index contributed by atoms with van der Waals surface area (Å²) in [6.45, 7) is 2.27. The molecule has 92 valence electrons. The van der Waals surface area contributed by atoms with Crippen molar-refractivity contribution in [3.63, 3.8) is 0 Å². The standard InChI is InChI=1S/C15H22N2/c1-2-6-13-11-17-15(9-12(13)5-1)10-14-7-3-4-8-16-14/h1-2,5-6,14-17H,3-4,7-11H2. The Bertz CT molecular complexity index is 369. The molecule has 0 bridgehead atoms. The number of rotatable bonds is 2. The molecule has 0 aliphatic carbocycles. The minimum atomic E-state index is 0.667. The molecule has 1 aromatic carbocycles. The van der Waals surface area contributed by atoms with Gasteiger partial charge in [-0.3, -0.25) is 0 Å². The molecule has 17 heavy (non-hydrogen) atoms. The molecule has 2 nitrogen and oxygen atoms in total. The first-order valence-electron chi connectivity index (χ1n) is 6.95. The van der Waals surface area contributed by atoms with E-state index in [4.69, 9.17) is 0 Å². The molecule has 1 fully saturated rings. The molecule has 2 unspecified atom stereocenters. The van der Waals surface area contributed by atoms with Crippen LogP contribution in [-0.4, -0.2) is 18.6 Å². The number of hydrogen-bond acceptors (Lipinski definition) is 2. The summed E-state index contributed by atoms with van der Waals surface area (Å²) >= 11 is 0. The molecule has 0 spiro atoms. The summed E-state index contributed by atoms with van der Waals surface area (Å²) in [5.74, 6) is 0. The molecule has 0 saturated carbocycles. The lowest BCUT2D eigenvalue weighted by Gasteiger charge is -2.31. The summed E-state index contributed by atoms with van der Waals surface area (Å²) in [4.78, 5) is 0. The molecular formula is C15H22N2. The highest BCUT2D eigenvalue weighted by Gasteiger charge is 2.22. The zero-order chi connectivity index (χ0) is 11.5. The van der Waals surface area contributed by atoms with Crippen molar-refractivity contribution in [2.75, 3.05) is 6.54 Å². The first-order chi connectivity index (χ1) is 8.42. The van der Waals surface area contributed by atoms with Crippen LogP contribution < -0.4 is 10.6 Å². The van der Waals surface area contributed by atoms with E-state index in [2.05, 4.69) is 34.9 Å². The quantitative estimate of drug-likeness (QED) is 0.814. The Morgan fingerprint density at radius 3 is 2.71 bits per heavy atom. The third kappa shape index (κ3) is 2.70. The molecule has 2 atom stereocenters. The van der Waals surface area contributed by atoms with Crippen molar-refractivity contribution in [2.45, 2.75) is 50.7 Å². The normalized spacial score (nSPS) is 28.7. The van der Waals surface area contributed by atoms with Gasteiger partial charge in [-0.1, -0.05) is 30.7 Å². The van der Waals surface area contributed by atoms with Crippen molar-refractivity contribution < 1.29 is 0 Å². The molecule has 1 saturated heterocycles. The van der Waals surface area contributed by atoms with E-state index in [0.29, 0.717) is 6.04 Å². The highest BCUT2D eigenvalue weighted by atomic mass is 15.0. The van der Waals surface area contributed by atoms with Crippen LogP contribution in [0.1, 0.15) is 36.8 Å². The Kier molecular flexibility index (Phi) is 3.44. The predicted octanol–water partition coefficient (Wildman–Crippen LogP) is 2.23. The monoisotopic (exact) mass is 230 g/mol. The van der Waals surface area contributed by atoms with Crippen molar-refractivity contribution in [3.8, 4) is 0 Å². The molecule has 3 rings (SSSR count). The number of fused-ring (bicyclic) bond motifs is 1. The van der Waals surface area contributed by atoms with Crippen molar-refractivity contribution >= 4 is 0 Å². The predicted molar refractivity (Wildman–Crippen MR) is 71.0 cm³/mol. The summed E-state index contributed by atoms with van der Waals surface area (Å²) in [6, 6.07) is 10.3. The Morgan fingerprint density at radius 2 is 1.88 bits per heavy atom. The van der Waals surface area contributed by atoms with Gasteiger partial charge in [-0.05, 0) is 43.4 Å². The van der Waals surface area contributed by atoms with Gasteiger partial charge < -0.3 is 10.6 Å². The van der Waals surface area contributed by atoms with Crippen molar-refractivity contribution in [1.29, 1.82) is 0 Å². The fraction of sp³-hybridized carbons (Fsp3) is 0.600. The largest absolute Gasteiger partial charge is 0.314 e. The van der Waals surface area contributed by atoms with Gasteiger partial charge in [0.1, 0.15) is 0 Å². The lowest BCUT2D eigenvalue weighted by molar-refractivity contribution is 0.327. The van der Waals surface area contributed by atoms with Crippen LogP contribution in [0.5, 0.6) is 0 Å². The minimum absolute atomic E-state index is 0.667. The second-order valence-electron chi connectivity index (χ2n) is 5.43. The van der Waals surface area contributed by atoms with Gasteiger partial charge in [0, 0.05) is 18.6 Å². The van der Waals surface area contributed by atoms with E-state index in [9.17, 15) is 0 Å². The molecule has 1 aromatic rings. The third-order valence-corrected chi connectivity index (χ3v) is 4.15. The van der Waals surface area contributed by atoms with E-state index in [1.54, 1.807) is 5.56 Å². The smallest absolute Gasteiger partial charge is 0.0210 e. The van der Waals surface area contributed by atoms with Crippen LogP contribution in [0.15, 0.2) is 24.3 Å². The molecule has 2 N–H and O–H groups in total. The average molecular weight is 230 g/mol. The summed E-state index contributed by atoms with van der Waals surface area (Å²) in [5.41, 5.74) is 3.03.